The zero-order valence-electron chi connectivity index (χ0n) is 11.3. The van der Waals surface area contributed by atoms with E-state index < -0.39 is 0 Å². The first-order chi connectivity index (χ1) is 7.99. The summed E-state index contributed by atoms with van der Waals surface area (Å²) in [6.45, 7) is 10.1. The van der Waals surface area contributed by atoms with Gasteiger partial charge in [0.2, 0.25) is 11.8 Å². The fourth-order valence-corrected chi connectivity index (χ4v) is 1.20. The summed E-state index contributed by atoms with van der Waals surface area (Å²) in [7, 11) is 0. The second-order valence-electron chi connectivity index (χ2n) is 4.45. The monoisotopic (exact) mass is 243 g/mol. The molecule has 0 aromatic carbocycles. The zero-order valence-corrected chi connectivity index (χ0v) is 11.3. The summed E-state index contributed by atoms with van der Waals surface area (Å²) in [5, 5.41) is 8.66. The first-order valence-corrected chi connectivity index (χ1v) is 6.25. The highest BCUT2D eigenvalue weighted by Crippen LogP contribution is 1.92. The van der Waals surface area contributed by atoms with Crippen molar-refractivity contribution in [3.8, 4) is 0 Å². The van der Waals surface area contributed by atoms with Crippen LogP contribution >= 0.6 is 0 Å². The molecule has 0 rings (SSSR count). The van der Waals surface area contributed by atoms with Crippen LogP contribution in [0.1, 0.15) is 27.7 Å². The van der Waals surface area contributed by atoms with Crippen molar-refractivity contribution < 1.29 is 9.59 Å². The van der Waals surface area contributed by atoms with Gasteiger partial charge in [0.15, 0.2) is 0 Å². The molecule has 0 aliphatic rings. The highest BCUT2D eigenvalue weighted by Gasteiger charge is 2.11. The molecule has 2 amide bonds. The van der Waals surface area contributed by atoms with Crippen molar-refractivity contribution in [2.45, 2.75) is 27.7 Å². The third-order valence-corrected chi connectivity index (χ3v) is 2.40. The molecule has 0 fully saturated rings. The zero-order chi connectivity index (χ0) is 13.3. The topological polar surface area (TPSA) is 70.2 Å². The number of nitrogens with one attached hydrogen (secondary N) is 3. The van der Waals surface area contributed by atoms with Crippen LogP contribution in [0.4, 0.5) is 0 Å². The number of carbonyl (C=O) groups excluding carboxylic acids is 2. The second-order valence-corrected chi connectivity index (χ2v) is 4.45. The molecule has 5 heteroatoms. The summed E-state index contributed by atoms with van der Waals surface area (Å²) in [5.74, 6) is -0.0289. The van der Waals surface area contributed by atoms with Crippen LogP contribution in [0.15, 0.2) is 0 Å². The Bertz CT molecular complexity index is 242. The molecule has 0 saturated carbocycles. The largest absolute Gasteiger partial charge is 0.354 e. The van der Waals surface area contributed by atoms with Crippen LogP contribution in [0.5, 0.6) is 0 Å². The van der Waals surface area contributed by atoms with Crippen LogP contribution < -0.4 is 16.0 Å². The van der Waals surface area contributed by atoms with E-state index in [1.54, 1.807) is 0 Å². The molecular formula is C12H25N3O2. The average Bonchev–Trinajstić information content (AvgIpc) is 2.30. The first-order valence-electron chi connectivity index (χ1n) is 6.25. The molecule has 3 N–H and O–H groups in total. The highest BCUT2D eigenvalue weighted by molar-refractivity contribution is 5.79. The Kier molecular flexibility index (Phi) is 8.40. The summed E-state index contributed by atoms with van der Waals surface area (Å²) >= 11 is 0. The lowest BCUT2D eigenvalue weighted by Gasteiger charge is -2.13. The lowest BCUT2D eigenvalue weighted by Crippen LogP contribution is -2.40. The van der Waals surface area contributed by atoms with E-state index in [1.807, 2.05) is 27.7 Å². The van der Waals surface area contributed by atoms with E-state index in [2.05, 4.69) is 16.0 Å². The summed E-state index contributed by atoms with van der Waals surface area (Å²) in [6, 6.07) is 0. The van der Waals surface area contributed by atoms with E-state index in [9.17, 15) is 9.59 Å². The normalized spacial score (nSPS) is 12.3. The first kappa shape index (κ1) is 15.9. The van der Waals surface area contributed by atoms with Gasteiger partial charge in [0, 0.05) is 31.5 Å². The fraction of sp³-hybridized carbons (Fsp3) is 0.833. The quantitative estimate of drug-likeness (QED) is 0.530. The minimum absolute atomic E-state index is 0.0138. The van der Waals surface area contributed by atoms with Crippen molar-refractivity contribution in [2.75, 3.05) is 26.2 Å². The van der Waals surface area contributed by atoms with E-state index in [-0.39, 0.29) is 23.7 Å². The number of amides is 2. The Morgan fingerprint density at radius 1 is 1.00 bits per heavy atom. The van der Waals surface area contributed by atoms with Gasteiger partial charge < -0.3 is 16.0 Å². The lowest BCUT2D eigenvalue weighted by molar-refractivity contribution is -0.126. The van der Waals surface area contributed by atoms with Crippen molar-refractivity contribution in [3.63, 3.8) is 0 Å². The van der Waals surface area contributed by atoms with Gasteiger partial charge in [0.25, 0.3) is 0 Å². The molecule has 0 aliphatic heterocycles. The second kappa shape index (κ2) is 8.98. The van der Waals surface area contributed by atoms with Gasteiger partial charge in [-0.2, -0.15) is 0 Å². The van der Waals surface area contributed by atoms with Crippen LogP contribution in [-0.2, 0) is 9.59 Å². The summed E-state index contributed by atoms with van der Waals surface area (Å²) < 4.78 is 0. The molecular weight excluding hydrogens is 218 g/mol. The van der Waals surface area contributed by atoms with Gasteiger partial charge in [0.05, 0.1) is 0 Å². The molecule has 1 unspecified atom stereocenters. The minimum Gasteiger partial charge on any atom is -0.354 e. The van der Waals surface area contributed by atoms with Gasteiger partial charge in [-0.15, -0.1) is 0 Å². The van der Waals surface area contributed by atoms with Gasteiger partial charge in [-0.1, -0.05) is 27.7 Å². The molecule has 100 valence electrons. The van der Waals surface area contributed by atoms with Crippen molar-refractivity contribution >= 4 is 11.8 Å². The SMILES string of the molecule is CCNCC(C)C(=O)NCCNC(=O)C(C)C. The van der Waals surface area contributed by atoms with Crippen LogP contribution in [-0.4, -0.2) is 38.0 Å². The number of carbonyl (C=O) groups is 2. The number of hydrogen-bond acceptors (Lipinski definition) is 3. The third-order valence-electron chi connectivity index (χ3n) is 2.40. The summed E-state index contributed by atoms with van der Waals surface area (Å²) in [6.07, 6.45) is 0. The minimum atomic E-state index is -0.0456. The highest BCUT2D eigenvalue weighted by atomic mass is 16.2. The van der Waals surface area contributed by atoms with Crippen molar-refractivity contribution in [1.29, 1.82) is 0 Å². The average molecular weight is 243 g/mol. The van der Waals surface area contributed by atoms with E-state index in [0.717, 1.165) is 6.54 Å². The molecule has 0 bridgehead atoms. The molecule has 0 spiro atoms. The van der Waals surface area contributed by atoms with Crippen LogP contribution in [0, 0.1) is 11.8 Å². The number of rotatable bonds is 8. The standard InChI is InChI=1S/C12H25N3O2/c1-5-13-8-10(4)12(17)15-7-6-14-11(16)9(2)3/h9-10,13H,5-8H2,1-4H3,(H,14,16)(H,15,17). The fourth-order valence-electron chi connectivity index (χ4n) is 1.20. The van der Waals surface area contributed by atoms with Crippen LogP contribution in [0.2, 0.25) is 0 Å². The predicted octanol–water partition coefficient (Wildman–Crippen LogP) is 0.120. The Morgan fingerprint density at radius 2 is 1.53 bits per heavy atom. The molecule has 0 aromatic heterocycles. The summed E-state index contributed by atoms with van der Waals surface area (Å²) in [4.78, 5) is 22.8. The molecule has 5 nitrogen and oxygen atoms in total. The van der Waals surface area contributed by atoms with Crippen LogP contribution in [0.25, 0.3) is 0 Å². The van der Waals surface area contributed by atoms with Crippen molar-refractivity contribution in [2.24, 2.45) is 11.8 Å². The van der Waals surface area contributed by atoms with Gasteiger partial charge in [-0.3, -0.25) is 9.59 Å². The predicted molar refractivity (Wildman–Crippen MR) is 68.6 cm³/mol. The molecule has 0 aromatic rings. The van der Waals surface area contributed by atoms with Crippen molar-refractivity contribution in [3.05, 3.63) is 0 Å². The van der Waals surface area contributed by atoms with E-state index in [0.29, 0.717) is 19.6 Å². The van der Waals surface area contributed by atoms with Crippen LogP contribution in [0.3, 0.4) is 0 Å². The number of hydrogen-bond donors (Lipinski definition) is 3. The third kappa shape index (κ3) is 7.74. The molecule has 0 saturated heterocycles. The Labute approximate surface area is 104 Å². The molecule has 0 aliphatic carbocycles. The van der Waals surface area contributed by atoms with Gasteiger partial charge in [-0.25, -0.2) is 0 Å². The summed E-state index contributed by atoms with van der Waals surface area (Å²) in [5.41, 5.74) is 0. The van der Waals surface area contributed by atoms with Crippen molar-refractivity contribution in [1.82, 2.24) is 16.0 Å². The Morgan fingerprint density at radius 3 is 2.00 bits per heavy atom. The molecule has 1 atom stereocenters. The molecule has 0 radical (unpaired) electrons. The van der Waals surface area contributed by atoms with E-state index in [4.69, 9.17) is 0 Å². The van der Waals surface area contributed by atoms with Gasteiger partial charge in [0.1, 0.15) is 0 Å². The maximum atomic E-state index is 11.6. The Hall–Kier alpha value is -1.10. The smallest absolute Gasteiger partial charge is 0.224 e. The maximum absolute atomic E-state index is 11.6. The Balaban J connectivity index is 3.60. The molecule has 17 heavy (non-hydrogen) atoms. The van der Waals surface area contributed by atoms with Gasteiger partial charge >= 0.3 is 0 Å². The molecule has 0 heterocycles. The van der Waals surface area contributed by atoms with Gasteiger partial charge in [-0.05, 0) is 6.54 Å². The van der Waals surface area contributed by atoms with E-state index in [1.165, 1.54) is 0 Å². The maximum Gasteiger partial charge on any atom is 0.224 e. The lowest BCUT2D eigenvalue weighted by atomic mass is 10.1. The van der Waals surface area contributed by atoms with E-state index >= 15 is 0 Å².